The number of rotatable bonds is 2. The molecule has 0 N–H and O–H groups in total. The van der Waals surface area contributed by atoms with Crippen molar-refractivity contribution in [2.45, 2.75) is 25.8 Å². The number of fused-ring (bicyclic) bond motifs is 1. The zero-order chi connectivity index (χ0) is 13.4. The summed E-state index contributed by atoms with van der Waals surface area (Å²) in [5.41, 5.74) is 1.07. The van der Waals surface area contributed by atoms with Crippen LogP contribution in [0.3, 0.4) is 0 Å². The molecule has 5 heteroatoms. The van der Waals surface area contributed by atoms with Crippen LogP contribution < -0.4 is 0 Å². The average Bonchev–Trinajstić information content (AvgIpc) is 2.99. The van der Waals surface area contributed by atoms with E-state index in [1.807, 2.05) is 6.07 Å². The van der Waals surface area contributed by atoms with Gasteiger partial charge >= 0.3 is 0 Å². The maximum absolute atomic E-state index is 12.2. The molecule has 2 atom stereocenters. The summed E-state index contributed by atoms with van der Waals surface area (Å²) in [5, 5.41) is 8.80. The van der Waals surface area contributed by atoms with E-state index in [9.17, 15) is 9.59 Å². The van der Waals surface area contributed by atoms with Gasteiger partial charge in [0, 0.05) is 6.20 Å². The van der Waals surface area contributed by atoms with Gasteiger partial charge in [0.1, 0.15) is 11.8 Å². The highest BCUT2D eigenvalue weighted by Crippen LogP contribution is 2.40. The molecule has 0 radical (unpaired) electrons. The van der Waals surface area contributed by atoms with Crippen molar-refractivity contribution >= 4 is 11.8 Å². The van der Waals surface area contributed by atoms with Crippen LogP contribution in [0.15, 0.2) is 18.3 Å². The lowest BCUT2D eigenvalue weighted by atomic mass is 10.00. The molecule has 1 saturated heterocycles. The number of aromatic nitrogens is 1. The molecule has 1 aromatic heterocycles. The minimum Gasteiger partial charge on any atom is -0.278 e. The van der Waals surface area contributed by atoms with Crippen molar-refractivity contribution in [3.63, 3.8) is 0 Å². The molecular formula is C14H13N3O2. The van der Waals surface area contributed by atoms with Gasteiger partial charge in [-0.1, -0.05) is 6.42 Å². The molecule has 1 aliphatic heterocycles. The molecule has 1 aliphatic carbocycles. The lowest BCUT2D eigenvalue weighted by Gasteiger charge is -2.15. The van der Waals surface area contributed by atoms with Gasteiger partial charge in [-0.15, -0.1) is 0 Å². The fourth-order valence-corrected chi connectivity index (χ4v) is 3.03. The Kier molecular flexibility index (Phi) is 2.79. The number of likely N-dealkylation sites (tertiary alicyclic amines) is 1. The van der Waals surface area contributed by atoms with Gasteiger partial charge in [0.05, 0.1) is 18.4 Å². The van der Waals surface area contributed by atoms with Crippen LogP contribution in [0.1, 0.15) is 30.5 Å². The van der Waals surface area contributed by atoms with E-state index in [0.29, 0.717) is 5.69 Å². The summed E-state index contributed by atoms with van der Waals surface area (Å²) in [6.45, 7) is 0.252. The monoisotopic (exact) mass is 255 g/mol. The largest absolute Gasteiger partial charge is 0.278 e. The fourth-order valence-electron chi connectivity index (χ4n) is 3.03. The van der Waals surface area contributed by atoms with Gasteiger partial charge in [0.15, 0.2) is 0 Å². The molecule has 2 unspecified atom stereocenters. The first-order chi connectivity index (χ1) is 9.20. The van der Waals surface area contributed by atoms with Crippen LogP contribution in [-0.2, 0) is 16.1 Å². The predicted octanol–water partition coefficient (Wildman–Crippen LogP) is 1.24. The number of hydrogen-bond donors (Lipinski definition) is 0. The number of nitriles is 1. The normalized spacial score (nSPS) is 25.5. The van der Waals surface area contributed by atoms with Gasteiger partial charge in [0.2, 0.25) is 11.8 Å². The van der Waals surface area contributed by atoms with E-state index in [1.165, 1.54) is 11.1 Å². The Hall–Kier alpha value is -2.22. The maximum atomic E-state index is 12.2. The van der Waals surface area contributed by atoms with Crippen molar-refractivity contribution in [1.82, 2.24) is 9.88 Å². The summed E-state index contributed by atoms with van der Waals surface area (Å²) in [7, 11) is 0. The molecular weight excluding hydrogens is 242 g/mol. The van der Waals surface area contributed by atoms with E-state index in [4.69, 9.17) is 5.26 Å². The molecule has 19 heavy (non-hydrogen) atoms. The second-order valence-electron chi connectivity index (χ2n) is 5.07. The summed E-state index contributed by atoms with van der Waals surface area (Å²) in [4.78, 5) is 29.6. The number of hydrogen-bond acceptors (Lipinski definition) is 4. The Morgan fingerprint density at radius 3 is 2.63 bits per heavy atom. The zero-order valence-corrected chi connectivity index (χ0v) is 10.4. The third-order valence-electron chi connectivity index (χ3n) is 3.96. The van der Waals surface area contributed by atoms with Crippen LogP contribution in [0.25, 0.3) is 0 Å². The van der Waals surface area contributed by atoms with E-state index in [1.54, 1.807) is 12.1 Å². The summed E-state index contributed by atoms with van der Waals surface area (Å²) >= 11 is 0. The highest BCUT2D eigenvalue weighted by Gasteiger charge is 2.49. The van der Waals surface area contributed by atoms with E-state index < -0.39 is 0 Å². The smallest absolute Gasteiger partial charge is 0.233 e. The summed E-state index contributed by atoms with van der Waals surface area (Å²) < 4.78 is 0. The predicted molar refractivity (Wildman–Crippen MR) is 65.3 cm³/mol. The highest BCUT2D eigenvalue weighted by atomic mass is 16.2. The fraction of sp³-hybridized carbons (Fsp3) is 0.429. The molecule has 0 aromatic carbocycles. The van der Waals surface area contributed by atoms with Crippen molar-refractivity contribution in [3.8, 4) is 6.07 Å². The molecule has 0 spiro atoms. The number of carbonyl (C=O) groups is 2. The van der Waals surface area contributed by atoms with Crippen LogP contribution in [0, 0.1) is 23.2 Å². The first-order valence-corrected chi connectivity index (χ1v) is 6.41. The van der Waals surface area contributed by atoms with Crippen molar-refractivity contribution in [1.29, 1.82) is 5.26 Å². The van der Waals surface area contributed by atoms with Gasteiger partial charge < -0.3 is 0 Å². The second-order valence-corrected chi connectivity index (χ2v) is 5.07. The summed E-state index contributed by atoms with van der Waals surface area (Å²) in [6, 6.07) is 5.31. The number of pyridine rings is 1. The van der Waals surface area contributed by atoms with E-state index in [-0.39, 0.29) is 30.2 Å². The minimum absolute atomic E-state index is 0.0529. The lowest BCUT2D eigenvalue weighted by molar-refractivity contribution is -0.141. The Balaban J connectivity index is 1.82. The van der Waals surface area contributed by atoms with Crippen molar-refractivity contribution < 1.29 is 9.59 Å². The molecule has 5 nitrogen and oxygen atoms in total. The van der Waals surface area contributed by atoms with E-state index in [2.05, 4.69) is 4.98 Å². The van der Waals surface area contributed by atoms with Gasteiger partial charge in [-0.2, -0.15) is 5.26 Å². The topological polar surface area (TPSA) is 74.1 Å². The molecule has 1 saturated carbocycles. The summed E-state index contributed by atoms with van der Waals surface area (Å²) in [5.74, 6) is -0.319. The molecule has 3 rings (SSSR count). The molecule has 1 aromatic rings. The highest BCUT2D eigenvalue weighted by molar-refractivity contribution is 6.05. The molecule has 96 valence electrons. The molecule has 2 amide bonds. The summed E-state index contributed by atoms with van der Waals surface area (Å²) in [6.07, 6.45) is 4.14. The number of nitrogens with zero attached hydrogens (tertiary/aromatic N) is 3. The lowest BCUT2D eigenvalue weighted by Crippen LogP contribution is -2.31. The standard InChI is InChI=1S/C14H13N3O2/c15-7-10-6-9(4-5-16-10)8-17-13(18)11-2-1-3-12(11)14(17)19/h4-6,11-12H,1-3,8H2. The van der Waals surface area contributed by atoms with Crippen LogP contribution in [-0.4, -0.2) is 21.7 Å². The van der Waals surface area contributed by atoms with E-state index in [0.717, 1.165) is 24.8 Å². The molecule has 2 heterocycles. The quantitative estimate of drug-likeness (QED) is 0.745. The van der Waals surface area contributed by atoms with Crippen LogP contribution in [0.2, 0.25) is 0 Å². The zero-order valence-electron chi connectivity index (χ0n) is 10.4. The van der Waals surface area contributed by atoms with Gasteiger partial charge in [0.25, 0.3) is 0 Å². The number of imide groups is 1. The maximum Gasteiger partial charge on any atom is 0.233 e. The third kappa shape index (κ3) is 1.89. The van der Waals surface area contributed by atoms with Gasteiger partial charge in [-0.05, 0) is 30.5 Å². The van der Waals surface area contributed by atoms with Crippen molar-refractivity contribution in [3.05, 3.63) is 29.6 Å². The van der Waals surface area contributed by atoms with Crippen LogP contribution >= 0.6 is 0 Å². The minimum atomic E-state index is -0.107. The third-order valence-corrected chi connectivity index (χ3v) is 3.96. The van der Waals surface area contributed by atoms with Crippen LogP contribution in [0.4, 0.5) is 0 Å². The SMILES string of the molecule is N#Cc1cc(CN2C(=O)C3CCCC3C2=O)ccn1. The molecule has 2 aliphatic rings. The Labute approximate surface area is 110 Å². The first-order valence-electron chi connectivity index (χ1n) is 6.41. The van der Waals surface area contributed by atoms with Gasteiger partial charge in [-0.3, -0.25) is 14.5 Å². The molecule has 0 bridgehead atoms. The first kappa shape index (κ1) is 11.8. The Morgan fingerprint density at radius 1 is 1.32 bits per heavy atom. The average molecular weight is 255 g/mol. The van der Waals surface area contributed by atoms with Gasteiger partial charge in [-0.25, -0.2) is 4.98 Å². The van der Waals surface area contributed by atoms with Crippen LogP contribution in [0.5, 0.6) is 0 Å². The van der Waals surface area contributed by atoms with E-state index >= 15 is 0 Å². The number of carbonyl (C=O) groups excluding carboxylic acids is 2. The Morgan fingerprint density at radius 2 is 2.00 bits per heavy atom. The molecule has 2 fully saturated rings. The second kappa shape index (κ2) is 4.47. The Bertz CT molecular complexity index is 569. The number of amides is 2. The van der Waals surface area contributed by atoms with Crippen molar-refractivity contribution in [2.75, 3.05) is 0 Å². The van der Waals surface area contributed by atoms with Crippen molar-refractivity contribution in [2.24, 2.45) is 11.8 Å².